The molecule has 2 heterocycles. The van der Waals surface area contributed by atoms with Gasteiger partial charge in [-0.1, -0.05) is 6.92 Å². The van der Waals surface area contributed by atoms with Crippen molar-refractivity contribution in [1.29, 1.82) is 0 Å². The van der Waals surface area contributed by atoms with Gasteiger partial charge in [0.05, 0.1) is 17.2 Å². The first-order valence-electron chi connectivity index (χ1n) is 4.89. The molecule has 0 saturated carbocycles. The van der Waals surface area contributed by atoms with Crippen molar-refractivity contribution in [2.45, 2.75) is 19.9 Å². The summed E-state index contributed by atoms with van der Waals surface area (Å²) in [6.07, 6.45) is 2.38. The molecule has 0 aliphatic carbocycles. The average molecular weight is 237 g/mol. The molecule has 1 N–H and O–H groups in total. The largest absolute Gasteiger partial charge is 0.477 e. The number of nitrogens with zero attached hydrogens (tertiary/aromatic N) is 3. The summed E-state index contributed by atoms with van der Waals surface area (Å²) >= 11 is 1.59. The number of carboxylic acids is 1. The van der Waals surface area contributed by atoms with Crippen LogP contribution in [-0.4, -0.2) is 25.8 Å². The third-order valence-corrected chi connectivity index (χ3v) is 3.19. The van der Waals surface area contributed by atoms with E-state index in [0.29, 0.717) is 6.54 Å². The van der Waals surface area contributed by atoms with E-state index in [0.717, 1.165) is 17.1 Å². The molecule has 2 aromatic heterocycles. The minimum atomic E-state index is -0.969. The third kappa shape index (κ3) is 2.11. The predicted octanol–water partition coefficient (Wildman–Crippen LogP) is 1.65. The second-order valence-electron chi connectivity index (χ2n) is 3.27. The highest BCUT2D eigenvalue weighted by molar-refractivity contribution is 7.09. The number of aromatic carboxylic acids is 1. The maximum atomic E-state index is 10.9. The van der Waals surface area contributed by atoms with Gasteiger partial charge in [0.15, 0.2) is 0 Å². The first kappa shape index (κ1) is 10.8. The van der Waals surface area contributed by atoms with E-state index in [-0.39, 0.29) is 5.69 Å². The molecule has 2 rings (SSSR count). The molecule has 0 bridgehead atoms. The second-order valence-corrected chi connectivity index (χ2v) is 4.21. The Labute approximate surface area is 96.4 Å². The Bertz CT molecular complexity index is 504. The van der Waals surface area contributed by atoms with Gasteiger partial charge in [-0.05, 0) is 12.5 Å². The second kappa shape index (κ2) is 4.44. The van der Waals surface area contributed by atoms with Gasteiger partial charge in [-0.3, -0.25) is 4.68 Å². The van der Waals surface area contributed by atoms with Crippen molar-refractivity contribution in [3.8, 4) is 0 Å². The van der Waals surface area contributed by atoms with Crippen molar-refractivity contribution in [3.63, 3.8) is 0 Å². The van der Waals surface area contributed by atoms with Gasteiger partial charge in [0.1, 0.15) is 5.69 Å². The lowest BCUT2D eigenvalue weighted by Gasteiger charge is -2.01. The number of aryl methyl sites for hydroxylation is 1. The van der Waals surface area contributed by atoms with Crippen LogP contribution >= 0.6 is 11.3 Å². The van der Waals surface area contributed by atoms with Crippen LogP contribution in [0, 0.1) is 0 Å². The number of hydrogen-bond donors (Lipinski definition) is 1. The van der Waals surface area contributed by atoms with Crippen LogP contribution in [0.5, 0.6) is 0 Å². The number of aromatic nitrogens is 3. The van der Waals surface area contributed by atoms with Crippen LogP contribution in [0.3, 0.4) is 0 Å². The molecule has 0 aliphatic heterocycles. The van der Waals surface area contributed by atoms with E-state index >= 15 is 0 Å². The molecule has 2 aromatic rings. The summed E-state index contributed by atoms with van der Waals surface area (Å²) in [6, 6.07) is 1.48. The molecular weight excluding hydrogens is 226 g/mol. The fourth-order valence-corrected chi connectivity index (χ4v) is 2.11. The lowest BCUT2D eigenvalue weighted by atomic mass is 10.4. The molecular formula is C10H11N3O2S. The summed E-state index contributed by atoms with van der Waals surface area (Å²) < 4.78 is 1.44. The van der Waals surface area contributed by atoms with Gasteiger partial charge >= 0.3 is 5.97 Å². The fraction of sp³-hybridized carbons (Fsp3) is 0.300. The van der Waals surface area contributed by atoms with Gasteiger partial charge in [0, 0.05) is 11.6 Å². The molecule has 84 valence electrons. The average Bonchev–Trinajstić information content (AvgIpc) is 2.87. The quantitative estimate of drug-likeness (QED) is 0.877. The zero-order valence-corrected chi connectivity index (χ0v) is 9.57. The Hall–Kier alpha value is -1.69. The zero-order valence-electron chi connectivity index (χ0n) is 8.75. The molecule has 0 radical (unpaired) electrons. The Morgan fingerprint density at radius 1 is 1.62 bits per heavy atom. The van der Waals surface area contributed by atoms with Crippen LogP contribution in [0.1, 0.15) is 28.1 Å². The summed E-state index contributed by atoms with van der Waals surface area (Å²) in [5, 5.41) is 15.9. The van der Waals surface area contributed by atoms with E-state index < -0.39 is 5.97 Å². The summed E-state index contributed by atoms with van der Waals surface area (Å²) in [5.41, 5.74) is 1.04. The minimum Gasteiger partial charge on any atom is -0.477 e. The Kier molecular flexibility index (Phi) is 3.00. The summed E-state index contributed by atoms with van der Waals surface area (Å²) in [4.78, 5) is 15.2. The van der Waals surface area contributed by atoms with E-state index in [1.54, 1.807) is 11.3 Å². The molecule has 0 fully saturated rings. The number of carbonyl (C=O) groups is 1. The van der Waals surface area contributed by atoms with Crippen LogP contribution in [0.15, 0.2) is 17.6 Å². The van der Waals surface area contributed by atoms with Crippen molar-refractivity contribution >= 4 is 17.3 Å². The Morgan fingerprint density at radius 2 is 2.44 bits per heavy atom. The van der Waals surface area contributed by atoms with Crippen LogP contribution < -0.4 is 0 Å². The van der Waals surface area contributed by atoms with Crippen LogP contribution in [-0.2, 0) is 13.0 Å². The molecule has 5 nitrogen and oxygen atoms in total. The molecule has 0 aliphatic rings. The standard InChI is InChI=1S/C10H11N3O2S/c1-2-9-12-7(6-16-9)5-13-8(10(14)15)3-4-11-13/h3-4,6H,2,5H2,1H3,(H,14,15). The highest BCUT2D eigenvalue weighted by Crippen LogP contribution is 2.12. The van der Waals surface area contributed by atoms with Crippen molar-refractivity contribution in [2.75, 3.05) is 0 Å². The summed E-state index contributed by atoms with van der Waals surface area (Å²) in [5.74, 6) is -0.969. The van der Waals surface area contributed by atoms with Crippen LogP contribution in [0.2, 0.25) is 0 Å². The summed E-state index contributed by atoms with van der Waals surface area (Å²) in [6.45, 7) is 2.45. The Balaban J connectivity index is 2.20. The maximum absolute atomic E-state index is 10.9. The topological polar surface area (TPSA) is 68.0 Å². The van der Waals surface area contributed by atoms with E-state index in [9.17, 15) is 4.79 Å². The first-order valence-corrected chi connectivity index (χ1v) is 5.77. The van der Waals surface area contributed by atoms with E-state index in [4.69, 9.17) is 5.11 Å². The molecule has 16 heavy (non-hydrogen) atoms. The number of carboxylic acid groups (broad SMARTS) is 1. The van der Waals surface area contributed by atoms with Crippen molar-refractivity contribution in [1.82, 2.24) is 14.8 Å². The van der Waals surface area contributed by atoms with Crippen molar-refractivity contribution in [2.24, 2.45) is 0 Å². The molecule has 0 aromatic carbocycles. The molecule has 6 heteroatoms. The zero-order chi connectivity index (χ0) is 11.5. The molecule has 0 saturated heterocycles. The predicted molar refractivity (Wildman–Crippen MR) is 59.8 cm³/mol. The number of hydrogen-bond acceptors (Lipinski definition) is 4. The van der Waals surface area contributed by atoms with Gasteiger partial charge in [-0.25, -0.2) is 9.78 Å². The lowest BCUT2D eigenvalue weighted by molar-refractivity contribution is 0.0684. The fourth-order valence-electron chi connectivity index (χ4n) is 1.38. The highest BCUT2D eigenvalue weighted by Gasteiger charge is 2.11. The van der Waals surface area contributed by atoms with E-state index in [1.165, 1.54) is 16.9 Å². The summed E-state index contributed by atoms with van der Waals surface area (Å²) in [7, 11) is 0. The normalized spacial score (nSPS) is 10.6. The number of rotatable bonds is 4. The van der Waals surface area contributed by atoms with Crippen molar-refractivity contribution in [3.05, 3.63) is 34.0 Å². The van der Waals surface area contributed by atoms with Crippen LogP contribution in [0.25, 0.3) is 0 Å². The highest BCUT2D eigenvalue weighted by atomic mass is 32.1. The van der Waals surface area contributed by atoms with E-state index in [1.807, 2.05) is 12.3 Å². The van der Waals surface area contributed by atoms with Gasteiger partial charge in [-0.2, -0.15) is 5.10 Å². The molecule has 0 spiro atoms. The van der Waals surface area contributed by atoms with Gasteiger partial charge in [0.25, 0.3) is 0 Å². The van der Waals surface area contributed by atoms with Crippen molar-refractivity contribution < 1.29 is 9.90 Å². The minimum absolute atomic E-state index is 0.186. The van der Waals surface area contributed by atoms with Crippen LogP contribution in [0.4, 0.5) is 0 Å². The monoisotopic (exact) mass is 237 g/mol. The van der Waals surface area contributed by atoms with Gasteiger partial charge < -0.3 is 5.11 Å². The smallest absolute Gasteiger partial charge is 0.354 e. The SMILES string of the molecule is CCc1nc(Cn2nccc2C(=O)O)cs1. The Morgan fingerprint density at radius 3 is 3.06 bits per heavy atom. The first-order chi connectivity index (χ1) is 7.70. The van der Waals surface area contributed by atoms with Gasteiger partial charge in [-0.15, -0.1) is 11.3 Å². The molecule has 0 unspecified atom stereocenters. The number of thiazole rings is 1. The van der Waals surface area contributed by atoms with E-state index in [2.05, 4.69) is 10.1 Å². The van der Waals surface area contributed by atoms with Gasteiger partial charge in [0.2, 0.25) is 0 Å². The molecule has 0 atom stereocenters. The molecule has 0 amide bonds. The third-order valence-electron chi connectivity index (χ3n) is 2.15. The lowest BCUT2D eigenvalue weighted by Crippen LogP contribution is -2.11. The maximum Gasteiger partial charge on any atom is 0.354 e.